The van der Waals surface area contributed by atoms with Crippen LogP contribution in [0.1, 0.15) is 52.4 Å². The summed E-state index contributed by atoms with van der Waals surface area (Å²) in [5.41, 5.74) is 5.42. The van der Waals surface area contributed by atoms with Crippen molar-refractivity contribution in [2.75, 3.05) is 26.2 Å². The van der Waals surface area contributed by atoms with Crippen molar-refractivity contribution in [3.05, 3.63) is 0 Å². The van der Waals surface area contributed by atoms with Gasteiger partial charge in [0.15, 0.2) is 0 Å². The van der Waals surface area contributed by atoms with Gasteiger partial charge in [0.05, 0.1) is 10.4 Å². The lowest BCUT2D eigenvalue weighted by molar-refractivity contribution is -0.141. The molecule has 0 radical (unpaired) electrons. The van der Waals surface area contributed by atoms with Gasteiger partial charge in [0.1, 0.15) is 0 Å². The summed E-state index contributed by atoms with van der Waals surface area (Å²) in [6, 6.07) is 0.551. The van der Waals surface area contributed by atoms with Crippen LogP contribution in [0.25, 0.3) is 0 Å². The topological polar surface area (TPSA) is 49.6 Å². The summed E-state index contributed by atoms with van der Waals surface area (Å²) in [4.78, 5) is 18.1. The van der Waals surface area contributed by atoms with Gasteiger partial charge in [0.2, 0.25) is 5.91 Å². The summed E-state index contributed by atoms with van der Waals surface area (Å²) in [5.74, 6) is 0.185. The Morgan fingerprint density at radius 1 is 1.24 bits per heavy atom. The van der Waals surface area contributed by atoms with Gasteiger partial charge in [-0.15, -0.1) is 0 Å². The Kier molecular flexibility index (Phi) is 5.60. The van der Waals surface area contributed by atoms with Gasteiger partial charge in [0.25, 0.3) is 0 Å². The van der Waals surface area contributed by atoms with Crippen LogP contribution in [-0.4, -0.2) is 52.9 Å². The minimum Gasteiger partial charge on any atom is -0.392 e. The second-order valence-corrected chi connectivity index (χ2v) is 6.97. The number of hydrogen-bond acceptors (Lipinski definition) is 3. The molecule has 0 aromatic carbocycles. The van der Waals surface area contributed by atoms with Crippen LogP contribution in [0.4, 0.5) is 0 Å². The Labute approximate surface area is 134 Å². The first-order valence-corrected chi connectivity index (χ1v) is 8.79. The molecule has 2 aliphatic rings. The first kappa shape index (κ1) is 16.7. The van der Waals surface area contributed by atoms with E-state index >= 15 is 0 Å². The number of nitrogens with two attached hydrogens (primary N) is 1. The second-order valence-electron chi connectivity index (χ2n) is 6.53. The molecule has 1 unspecified atom stereocenters. The SMILES string of the molecule is CCCC(CCC)(C(=O)N1CCN2CCCC2C1)C(N)=S. The van der Waals surface area contributed by atoms with Crippen molar-refractivity contribution in [1.29, 1.82) is 0 Å². The maximum Gasteiger partial charge on any atom is 0.235 e. The Hall–Kier alpha value is -0.680. The molecule has 5 heteroatoms. The summed E-state index contributed by atoms with van der Waals surface area (Å²) < 4.78 is 0. The molecule has 0 aliphatic carbocycles. The standard InChI is InChI=1S/C16H29N3OS/c1-3-7-16(8-4-2,14(17)21)15(20)19-11-10-18-9-5-6-13(18)12-19/h13H,3-12H2,1-2H3,(H2,17,21). The van der Waals surface area contributed by atoms with Gasteiger partial charge < -0.3 is 10.6 Å². The summed E-state index contributed by atoms with van der Waals surface area (Å²) in [5, 5.41) is 0. The van der Waals surface area contributed by atoms with E-state index in [4.69, 9.17) is 18.0 Å². The summed E-state index contributed by atoms with van der Waals surface area (Å²) in [7, 11) is 0. The van der Waals surface area contributed by atoms with E-state index in [-0.39, 0.29) is 5.91 Å². The second kappa shape index (κ2) is 7.05. The lowest BCUT2D eigenvalue weighted by atomic mass is 9.77. The number of thiocarbonyl (C=S) groups is 1. The normalized spacial score (nSPS) is 23.1. The zero-order chi connectivity index (χ0) is 15.5. The predicted molar refractivity (Wildman–Crippen MR) is 90.2 cm³/mol. The minimum atomic E-state index is -0.612. The monoisotopic (exact) mass is 311 g/mol. The zero-order valence-corrected chi connectivity index (χ0v) is 14.3. The number of carbonyl (C=O) groups excluding carboxylic acids is 1. The Balaban J connectivity index is 2.15. The average molecular weight is 311 g/mol. The van der Waals surface area contributed by atoms with Crippen LogP contribution < -0.4 is 5.73 Å². The predicted octanol–water partition coefficient (Wildman–Crippen LogP) is 2.17. The summed E-state index contributed by atoms with van der Waals surface area (Å²) in [6.07, 6.45) is 5.90. The molecule has 0 bridgehead atoms. The molecule has 0 saturated carbocycles. The quantitative estimate of drug-likeness (QED) is 0.764. The van der Waals surface area contributed by atoms with Crippen molar-refractivity contribution in [3.63, 3.8) is 0 Å². The third kappa shape index (κ3) is 3.24. The van der Waals surface area contributed by atoms with Gasteiger partial charge in [-0.2, -0.15) is 0 Å². The summed E-state index contributed by atoms with van der Waals surface area (Å²) >= 11 is 5.32. The highest BCUT2D eigenvalue weighted by Crippen LogP contribution is 2.34. The average Bonchev–Trinajstić information content (AvgIpc) is 2.93. The molecule has 0 aromatic rings. The van der Waals surface area contributed by atoms with Gasteiger partial charge in [-0.05, 0) is 32.2 Å². The van der Waals surface area contributed by atoms with Gasteiger partial charge >= 0.3 is 0 Å². The van der Waals surface area contributed by atoms with Crippen molar-refractivity contribution >= 4 is 23.1 Å². The van der Waals surface area contributed by atoms with Crippen molar-refractivity contribution in [2.45, 2.75) is 58.4 Å². The highest BCUT2D eigenvalue weighted by atomic mass is 32.1. The van der Waals surface area contributed by atoms with Crippen LogP contribution in [0.3, 0.4) is 0 Å². The molecule has 2 rings (SSSR count). The van der Waals surface area contributed by atoms with Gasteiger partial charge in [-0.1, -0.05) is 38.9 Å². The van der Waals surface area contributed by atoms with Gasteiger partial charge in [-0.25, -0.2) is 0 Å². The molecule has 120 valence electrons. The van der Waals surface area contributed by atoms with E-state index in [0.29, 0.717) is 11.0 Å². The van der Waals surface area contributed by atoms with Crippen molar-refractivity contribution in [2.24, 2.45) is 11.1 Å². The molecular weight excluding hydrogens is 282 g/mol. The molecule has 2 aliphatic heterocycles. The molecular formula is C16H29N3OS. The number of carbonyl (C=O) groups is 1. The number of rotatable bonds is 6. The smallest absolute Gasteiger partial charge is 0.235 e. The van der Waals surface area contributed by atoms with Crippen LogP contribution in [-0.2, 0) is 4.79 Å². The fraction of sp³-hybridized carbons (Fsp3) is 0.875. The van der Waals surface area contributed by atoms with Crippen LogP contribution in [0.15, 0.2) is 0 Å². The van der Waals surface area contributed by atoms with E-state index in [0.717, 1.165) is 45.3 Å². The first-order valence-electron chi connectivity index (χ1n) is 8.38. The first-order chi connectivity index (χ1) is 10.0. The largest absolute Gasteiger partial charge is 0.392 e. The Morgan fingerprint density at radius 2 is 1.90 bits per heavy atom. The maximum atomic E-state index is 13.2. The van der Waals surface area contributed by atoms with E-state index < -0.39 is 5.41 Å². The molecule has 4 nitrogen and oxygen atoms in total. The molecule has 0 spiro atoms. The lowest BCUT2D eigenvalue weighted by Gasteiger charge is -2.42. The van der Waals surface area contributed by atoms with Crippen LogP contribution in [0.5, 0.6) is 0 Å². The van der Waals surface area contributed by atoms with Crippen molar-refractivity contribution in [3.8, 4) is 0 Å². The zero-order valence-electron chi connectivity index (χ0n) is 13.4. The van der Waals surface area contributed by atoms with Gasteiger partial charge in [-0.3, -0.25) is 9.69 Å². The molecule has 0 aromatic heterocycles. The molecule has 2 N–H and O–H groups in total. The Morgan fingerprint density at radius 3 is 2.48 bits per heavy atom. The highest BCUT2D eigenvalue weighted by Gasteiger charge is 2.44. The summed E-state index contributed by atoms with van der Waals surface area (Å²) in [6.45, 7) is 8.08. The highest BCUT2D eigenvalue weighted by molar-refractivity contribution is 7.80. The van der Waals surface area contributed by atoms with E-state index in [9.17, 15) is 4.79 Å². The molecule has 2 heterocycles. The van der Waals surface area contributed by atoms with Crippen LogP contribution in [0.2, 0.25) is 0 Å². The minimum absolute atomic E-state index is 0.185. The number of hydrogen-bond donors (Lipinski definition) is 1. The molecule has 1 atom stereocenters. The van der Waals surface area contributed by atoms with Crippen molar-refractivity contribution in [1.82, 2.24) is 9.80 Å². The third-order valence-corrected chi connectivity index (χ3v) is 5.50. The maximum absolute atomic E-state index is 13.2. The van der Waals surface area contributed by atoms with E-state index in [1.807, 2.05) is 4.90 Å². The van der Waals surface area contributed by atoms with Crippen LogP contribution in [0, 0.1) is 5.41 Å². The molecule has 21 heavy (non-hydrogen) atoms. The molecule has 1 amide bonds. The number of nitrogens with zero attached hydrogens (tertiary/aromatic N) is 2. The van der Waals surface area contributed by atoms with Gasteiger partial charge in [0, 0.05) is 25.7 Å². The third-order valence-electron chi connectivity index (χ3n) is 5.11. The number of piperazine rings is 1. The van der Waals surface area contributed by atoms with E-state index in [2.05, 4.69) is 18.7 Å². The number of fused-ring (bicyclic) bond motifs is 1. The molecule has 2 saturated heterocycles. The fourth-order valence-corrected chi connectivity index (χ4v) is 4.31. The number of amides is 1. The lowest BCUT2D eigenvalue weighted by Crippen LogP contribution is -2.58. The van der Waals surface area contributed by atoms with Crippen molar-refractivity contribution < 1.29 is 4.79 Å². The van der Waals surface area contributed by atoms with Crippen LogP contribution >= 0.6 is 12.2 Å². The van der Waals surface area contributed by atoms with E-state index in [1.165, 1.54) is 19.4 Å². The Bertz CT molecular complexity index is 393. The van der Waals surface area contributed by atoms with E-state index in [1.54, 1.807) is 0 Å². The molecule has 2 fully saturated rings. The fourth-order valence-electron chi connectivity index (χ4n) is 4.02.